The number of likely N-dealkylation sites (tertiary alicyclic amines) is 1. The van der Waals surface area contributed by atoms with E-state index in [9.17, 15) is 4.39 Å². The SMILES string of the molecule is CNC1CC2(CCN(C)C(C)C2)Oc2cc(F)ccc21. The molecule has 2 heterocycles. The summed E-state index contributed by atoms with van der Waals surface area (Å²) in [7, 11) is 4.12. The summed E-state index contributed by atoms with van der Waals surface area (Å²) in [4.78, 5) is 2.37. The lowest BCUT2D eigenvalue weighted by Gasteiger charge is -2.48. The zero-order valence-electron chi connectivity index (χ0n) is 12.4. The quantitative estimate of drug-likeness (QED) is 0.855. The molecule has 1 aromatic carbocycles. The summed E-state index contributed by atoms with van der Waals surface area (Å²) < 4.78 is 19.8. The van der Waals surface area contributed by atoms with Crippen molar-refractivity contribution in [3.63, 3.8) is 0 Å². The number of ether oxygens (including phenoxy) is 1. The second kappa shape index (κ2) is 5.01. The standard InChI is InChI=1S/C16H23FN2O/c1-11-9-16(6-7-19(11)3)10-14(18-2)13-5-4-12(17)8-15(13)20-16/h4-5,8,11,14,18H,6-7,9-10H2,1-3H3. The highest BCUT2D eigenvalue weighted by atomic mass is 19.1. The summed E-state index contributed by atoms with van der Waals surface area (Å²) in [6, 6.07) is 5.63. The lowest BCUT2D eigenvalue weighted by Crippen LogP contribution is -2.53. The van der Waals surface area contributed by atoms with Crippen molar-refractivity contribution in [2.45, 2.75) is 43.9 Å². The highest BCUT2D eigenvalue weighted by molar-refractivity contribution is 5.39. The van der Waals surface area contributed by atoms with Crippen LogP contribution in [0, 0.1) is 5.82 Å². The maximum absolute atomic E-state index is 13.5. The summed E-state index contributed by atoms with van der Waals surface area (Å²) in [5.74, 6) is 0.490. The van der Waals surface area contributed by atoms with Crippen molar-refractivity contribution < 1.29 is 9.13 Å². The van der Waals surface area contributed by atoms with Gasteiger partial charge in [0.25, 0.3) is 0 Å². The number of hydrogen-bond donors (Lipinski definition) is 1. The van der Waals surface area contributed by atoms with Crippen LogP contribution in [0.15, 0.2) is 18.2 Å². The van der Waals surface area contributed by atoms with E-state index in [0.29, 0.717) is 11.8 Å². The van der Waals surface area contributed by atoms with Crippen LogP contribution in [0.4, 0.5) is 4.39 Å². The highest BCUT2D eigenvalue weighted by Crippen LogP contribution is 2.45. The molecule has 110 valence electrons. The van der Waals surface area contributed by atoms with Gasteiger partial charge in [-0.05, 0) is 33.5 Å². The molecule has 2 aliphatic heterocycles. The third-order valence-electron chi connectivity index (χ3n) is 4.94. The van der Waals surface area contributed by atoms with Gasteiger partial charge in [-0.1, -0.05) is 6.07 Å². The molecule has 3 rings (SSSR count). The maximum atomic E-state index is 13.5. The van der Waals surface area contributed by atoms with E-state index in [2.05, 4.69) is 24.2 Å². The minimum Gasteiger partial charge on any atom is -0.487 e. The van der Waals surface area contributed by atoms with Gasteiger partial charge in [0.15, 0.2) is 0 Å². The fourth-order valence-electron chi connectivity index (χ4n) is 3.57. The Morgan fingerprint density at radius 3 is 2.90 bits per heavy atom. The topological polar surface area (TPSA) is 24.5 Å². The molecule has 3 nitrogen and oxygen atoms in total. The molecule has 1 N–H and O–H groups in total. The number of nitrogens with one attached hydrogen (secondary N) is 1. The Kier molecular flexibility index (Phi) is 3.46. The Balaban J connectivity index is 1.93. The largest absolute Gasteiger partial charge is 0.487 e. The van der Waals surface area contributed by atoms with Crippen molar-refractivity contribution >= 4 is 0 Å². The first-order chi connectivity index (χ1) is 9.53. The first kappa shape index (κ1) is 13.8. The van der Waals surface area contributed by atoms with E-state index in [0.717, 1.165) is 31.4 Å². The van der Waals surface area contributed by atoms with Gasteiger partial charge in [-0.2, -0.15) is 0 Å². The molecule has 20 heavy (non-hydrogen) atoms. The Labute approximate surface area is 120 Å². The average molecular weight is 278 g/mol. The highest BCUT2D eigenvalue weighted by Gasteiger charge is 2.44. The molecule has 3 atom stereocenters. The molecule has 0 bridgehead atoms. The van der Waals surface area contributed by atoms with Crippen LogP contribution in [0.5, 0.6) is 5.75 Å². The summed E-state index contributed by atoms with van der Waals surface area (Å²) in [5, 5.41) is 3.36. The van der Waals surface area contributed by atoms with Crippen LogP contribution in [0.2, 0.25) is 0 Å². The van der Waals surface area contributed by atoms with Gasteiger partial charge < -0.3 is 15.0 Å². The zero-order valence-corrected chi connectivity index (χ0v) is 12.4. The smallest absolute Gasteiger partial charge is 0.127 e. The van der Waals surface area contributed by atoms with E-state index < -0.39 is 0 Å². The predicted molar refractivity (Wildman–Crippen MR) is 77.5 cm³/mol. The summed E-state index contributed by atoms with van der Waals surface area (Å²) in [5.41, 5.74) is 0.923. The molecule has 0 amide bonds. The number of piperidine rings is 1. The second-order valence-corrected chi connectivity index (χ2v) is 6.30. The fourth-order valence-corrected chi connectivity index (χ4v) is 3.57. The number of halogens is 1. The van der Waals surface area contributed by atoms with Crippen molar-refractivity contribution in [3.05, 3.63) is 29.6 Å². The number of rotatable bonds is 1. The van der Waals surface area contributed by atoms with E-state index in [1.54, 1.807) is 0 Å². The Bertz CT molecular complexity index is 507. The van der Waals surface area contributed by atoms with Gasteiger partial charge in [0.2, 0.25) is 0 Å². The molecular formula is C16H23FN2O. The predicted octanol–water partition coefficient (Wildman–Crippen LogP) is 2.72. The first-order valence-corrected chi connectivity index (χ1v) is 7.39. The molecule has 4 heteroatoms. The van der Waals surface area contributed by atoms with Crippen LogP contribution in [0.3, 0.4) is 0 Å². The lowest BCUT2D eigenvalue weighted by molar-refractivity contribution is -0.0386. The normalized spacial score (nSPS) is 33.8. The van der Waals surface area contributed by atoms with Crippen LogP contribution in [-0.4, -0.2) is 37.2 Å². The van der Waals surface area contributed by atoms with Gasteiger partial charge in [0, 0.05) is 43.1 Å². The van der Waals surface area contributed by atoms with Crippen LogP contribution < -0.4 is 10.1 Å². The third kappa shape index (κ3) is 2.31. The van der Waals surface area contributed by atoms with E-state index in [1.807, 2.05) is 13.1 Å². The molecule has 0 saturated carbocycles. The monoisotopic (exact) mass is 278 g/mol. The van der Waals surface area contributed by atoms with Gasteiger partial charge in [-0.3, -0.25) is 0 Å². The van der Waals surface area contributed by atoms with Crippen molar-refractivity contribution in [2.24, 2.45) is 0 Å². The average Bonchev–Trinajstić information content (AvgIpc) is 2.42. The maximum Gasteiger partial charge on any atom is 0.127 e. The van der Waals surface area contributed by atoms with Crippen molar-refractivity contribution in [3.8, 4) is 5.75 Å². The van der Waals surface area contributed by atoms with E-state index in [1.165, 1.54) is 12.1 Å². The molecule has 0 aliphatic carbocycles. The van der Waals surface area contributed by atoms with Crippen LogP contribution in [-0.2, 0) is 0 Å². The summed E-state index contributed by atoms with van der Waals surface area (Å²) in [6.07, 6.45) is 2.96. The summed E-state index contributed by atoms with van der Waals surface area (Å²) in [6.45, 7) is 3.27. The minimum atomic E-state index is -0.225. The van der Waals surface area contributed by atoms with E-state index in [-0.39, 0.29) is 17.5 Å². The molecule has 3 unspecified atom stereocenters. The van der Waals surface area contributed by atoms with Gasteiger partial charge in [-0.15, -0.1) is 0 Å². The van der Waals surface area contributed by atoms with Crippen LogP contribution in [0.1, 0.15) is 37.8 Å². The second-order valence-electron chi connectivity index (χ2n) is 6.30. The van der Waals surface area contributed by atoms with Crippen LogP contribution >= 0.6 is 0 Å². The first-order valence-electron chi connectivity index (χ1n) is 7.39. The van der Waals surface area contributed by atoms with Gasteiger partial charge >= 0.3 is 0 Å². The number of benzene rings is 1. The Hall–Kier alpha value is -1.13. The van der Waals surface area contributed by atoms with E-state index >= 15 is 0 Å². The fraction of sp³-hybridized carbons (Fsp3) is 0.625. The van der Waals surface area contributed by atoms with Crippen LogP contribution in [0.25, 0.3) is 0 Å². The lowest BCUT2D eigenvalue weighted by atomic mass is 9.78. The van der Waals surface area contributed by atoms with Crippen molar-refractivity contribution in [1.29, 1.82) is 0 Å². The molecule has 1 fully saturated rings. The van der Waals surface area contributed by atoms with E-state index in [4.69, 9.17) is 4.74 Å². The summed E-state index contributed by atoms with van der Waals surface area (Å²) >= 11 is 0. The molecule has 1 saturated heterocycles. The number of fused-ring (bicyclic) bond motifs is 1. The molecule has 1 spiro atoms. The minimum absolute atomic E-state index is 0.152. The number of hydrogen-bond acceptors (Lipinski definition) is 3. The number of nitrogens with zero attached hydrogens (tertiary/aromatic N) is 1. The van der Waals surface area contributed by atoms with Crippen molar-refractivity contribution in [2.75, 3.05) is 20.6 Å². The van der Waals surface area contributed by atoms with Gasteiger partial charge in [-0.25, -0.2) is 4.39 Å². The Morgan fingerprint density at radius 1 is 1.40 bits per heavy atom. The molecule has 0 radical (unpaired) electrons. The van der Waals surface area contributed by atoms with Crippen molar-refractivity contribution in [1.82, 2.24) is 10.2 Å². The molecule has 1 aromatic rings. The third-order valence-corrected chi connectivity index (χ3v) is 4.94. The molecule has 2 aliphatic rings. The Morgan fingerprint density at radius 2 is 2.20 bits per heavy atom. The zero-order chi connectivity index (χ0) is 14.3. The van der Waals surface area contributed by atoms with Gasteiger partial charge in [0.05, 0.1) is 0 Å². The molecular weight excluding hydrogens is 255 g/mol. The molecule has 0 aromatic heterocycles. The van der Waals surface area contributed by atoms with Gasteiger partial charge in [0.1, 0.15) is 17.2 Å².